The van der Waals surface area contributed by atoms with Gasteiger partial charge in [-0.25, -0.2) is 9.37 Å². The molecule has 3 aromatic rings. The number of rotatable bonds is 7. The minimum atomic E-state index is -0.528. The second-order valence-electron chi connectivity index (χ2n) is 6.84. The molecule has 2 N–H and O–H groups in total. The number of ether oxygens (including phenoxy) is 1. The largest absolute Gasteiger partial charge is 0.494 e. The first-order valence-corrected chi connectivity index (χ1v) is 9.66. The number of H-pyrrole nitrogens is 1. The van der Waals surface area contributed by atoms with Crippen molar-refractivity contribution in [1.29, 1.82) is 0 Å². The third-order valence-electron chi connectivity index (χ3n) is 4.51. The Hall–Kier alpha value is -3.19. The second-order valence-corrected chi connectivity index (χ2v) is 7.28. The summed E-state index contributed by atoms with van der Waals surface area (Å²) in [5.74, 6) is -0.206. The fraction of sp³-hybridized carbons (Fsp3) is 0.227. The predicted octanol–water partition coefficient (Wildman–Crippen LogP) is 3.52. The van der Waals surface area contributed by atoms with Crippen LogP contribution < -0.4 is 15.6 Å². The molecule has 1 amide bonds. The van der Waals surface area contributed by atoms with Crippen molar-refractivity contribution in [3.63, 3.8) is 0 Å². The van der Waals surface area contributed by atoms with Gasteiger partial charge in [-0.1, -0.05) is 29.8 Å². The molecule has 0 bridgehead atoms. The Balaban J connectivity index is 1.80. The van der Waals surface area contributed by atoms with Crippen LogP contribution in [0.3, 0.4) is 0 Å². The molecule has 0 aliphatic rings. The van der Waals surface area contributed by atoms with E-state index >= 15 is 0 Å². The first-order valence-electron chi connectivity index (χ1n) is 9.28. The molecule has 0 fully saturated rings. The highest BCUT2D eigenvalue weighted by atomic mass is 35.5. The van der Waals surface area contributed by atoms with Gasteiger partial charge in [-0.05, 0) is 42.3 Å². The smallest absolute Gasteiger partial charge is 0.251 e. The number of carbonyl (C=O) groups excluding carboxylic acids is 1. The fourth-order valence-electron chi connectivity index (χ4n) is 3.15. The molecule has 1 heterocycles. The lowest BCUT2D eigenvalue weighted by Crippen LogP contribution is -2.31. The number of hydrogen-bond acceptors (Lipinski definition) is 4. The van der Waals surface area contributed by atoms with Gasteiger partial charge < -0.3 is 15.0 Å². The maximum atomic E-state index is 13.9. The number of halogens is 2. The molecule has 30 heavy (non-hydrogen) atoms. The first-order chi connectivity index (χ1) is 14.3. The van der Waals surface area contributed by atoms with E-state index in [9.17, 15) is 14.0 Å². The third kappa shape index (κ3) is 5.67. The lowest BCUT2D eigenvalue weighted by Gasteiger charge is -2.19. The average molecular weight is 430 g/mol. The van der Waals surface area contributed by atoms with E-state index in [0.29, 0.717) is 28.5 Å². The number of carbonyl (C=O) groups is 1. The summed E-state index contributed by atoms with van der Waals surface area (Å²) in [6, 6.07) is 12.4. The molecule has 0 radical (unpaired) electrons. The number of methoxy groups -OCH3 is 1. The molecular formula is C22H21ClFN3O3. The molecular weight excluding hydrogens is 409 g/mol. The van der Waals surface area contributed by atoms with Crippen LogP contribution in [0.5, 0.6) is 5.75 Å². The van der Waals surface area contributed by atoms with E-state index in [-0.39, 0.29) is 23.6 Å². The molecule has 0 aliphatic heterocycles. The Morgan fingerprint density at radius 3 is 2.60 bits per heavy atom. The maximum Gasteiger partial charge on any atom is 0.251 e. The molecule has 0 saturated heterocycles. The van der Waals surface area contributed by atoms with Gasteiger partial charge in [-0.2, -0.15) is 0 Å². The van der Waals surface area contributed by atoms with Crippen LogP contribution in [0.15, 0.2) is 53.3 Å². The monoisotopic (exact) mass is 429 g/mol. The van der Waals surface area contributed by atoms with Crippen LogP contribution in [-0.2, 0) is 17.6 Å². The number of nitrogens with zero attached hydrogens (tertiary/aromatic N) is 1. The standard InChI is InChI=1S/C22H21ClFN3O3/c1-13-25-17(12-22(29)26-13)11-19(15-4-6-16(23)7-5-15)27-21(28)10-14-3-8-20(30-2)18(24)9-14/h3-9,12,19H,10-11H2,1-2H3,(H,27,28)(H,25,26,29). The van der Waals surface area contributed by atoms with E-state index < -0.39 is 11.9 Å². The van der Waals surface area contributed by atoms with Crippen molar-refractivity contribution in [2.75, 3.05) is 7.11 Å². The number of benzene rings is 2. The normalized spacial score (nSPS) is 11.7. The van der Waals surface area contributed by atoms with Gasteiger partial charge >= 0.3 is 0 Å². The van der Waals surface area contributed by atoms with Gasteiger partial charge in [-0.3, -0.25) is 9.59 Å². The Kier molecular flexibility index (Phi) is 6.84. The highest BCUT2D eigenvalue weighted by Gasteiger charge is 2.18. The lowest BCUT2D eigenvalue weighted by molar-refractivity contribution is -0.121. The predicted molar refractivity (Wildman–Crippen MR) is 112 cm³/mol. The van der Waals surface area contributed by atoms with Crippen LogP contribution in [0, 0.1) is 12.7 Å². The maximum absolute atomic E-state index is 13.9. The highest BCUT2D eigenvalue weighted by Crippen LogP contribution is 2.21. The SMILES string of the molecule is COc1ccc(CC(=O)NC(Cc2cc(=O)[nH]c(C)n2)c2ccc(Cl)cc2)cc1F. The van der Waals surface area contributed by atoms with Crippen LogP contribution >= 0.6 is 11.6 Å². The Morgan fingerprint density at radius 2 is 1.97 bits per heavy atom. The number of hydrogen-bond donors (Lipinski definition) is 2. The minimum absolute atomic E-state index is 0.00711. The number of aromatic amines is 1. The molecule has 1 aromatic heterocycles. The second kappa shape index (κ2) is 9.54. The Morgan fingerprint density at radius 1 is 1.23 bits per heavy atom. The van der Waals surface area contributed by atoms with Crippen molar-refractivity contribution in [3.8, 4) is 5.75 Å². The summed E-state index contributed by atoms with van der Waals surface area (Å²) in [5.41, 5.74) is 1.62. The number of aromatic nitrogens is 2. The van der Waals surface area contributed by atoms with Gasteiger partial charge in [0.25, 0.3) is 5.56 Å². The minimum Gasteiger partial charge on any atom is -0.494 e. The summed E-state index contributed by atoms with van der Waals surface area (Å²) in [7, 11) is 1.38. The van der Waals surface area contributed by atoms with E-state index in [1.165, 1.54) is 25.3 Å². The van der Waals surface area contributed by atoms with Crippen LogP contribution in [0.4, 0.5) is 4.39 Å². The quantitative estimate of drug-likeness (QED) is 0.602. The molecule has 1 unspecified atom stereocenters. The van der Waals surface area contributed by atoms with E-state index in [2.05, 4.69) is 15.3 Å². The molecule has 1 atom stereocenters. The van der Waals surface area contributed by atoms with Crippen LogP contribution in [-0.4, -0.2) is 23.0 Å². The summed E-state index contributed by atoms with van der Waals surface area (Å²) in [4.78, 5) is 31.4. The molecule has 156 valence electrons. The molecule has 0 spiro atoms. The van der Waals surface area contributed by atoms with Gasteiger partial charge in [0.1, 0.15) is 5.82 Å². The van der Waals surface area contributed by atoms with Crippen molar-refractivity contribution in [2.45, 2.75) is 25.8 Å². The number of amides is 1. The molecule has 0 aliphatic carbocycles. The summed E-state index contributed by atoms with van der Waals surface area (Å²) >= 11 is 5.98. The summed E-state index contributed by atoms with van der Waals surface area (Å²) < 4.78 is 18.8. The van der Waals surface area contributed by atoms with E-state index in [0.717, 1.165) is 5.56 Å². The van der Waals surface area contributed by atoms with Crippen molar-refractivity contribution in [2.24, 2.45) is 0 Å². The van der Waals surface area contributed by atoms with E-state index in [1.807, 2.05) is 0 Å². The lowest BCUT2D eigenvalue weighted by atomic mass is 10.0. The van der Waals surface area contributed by atoms with Gasteiger partial charge in [0.2, 0.25) is 5.91 Å². The third-order valence-corrected chi connectivity index (χ3v) is 4.77. The molecule has 0 saturated carbocycles. The van der Waals surface area contributed by atoms with Crippen LogP contribution in [0.25, 0.3) is 0 Å². The van der Waals surface area contributed by atoms with Crippen molar-refractivity contribution in [3.05, 3.63) is 92.4 Å². The summed E-state index contributed by atoms with van der Waals surface area (Å²) in [5, 5.41) is 3.52. The van der Waals surface area contributed by atoms with E-state index in [1.54, 1.807) is 37.3 Å². The summed E-state index contributed by atoms with van der Waals surface area (Å²) in [6.45, 7) is 1.69. The molecule has 2 aromatic carbocycles. The van der Waals surface area contributed by atoms with Crippen molar-refractivity contribution < 1.29 is 13.9 Å². The van der Waals surface area contributed by atoms with Crippen molar-refractivity contribution >= 4 is 17.5 Å². The highest BCUT2D eigenvalue weighted by molar-refractivity contribution is 6.30. The molecule has 6 nitrogen and oxygen atoms in total. The van der Waals surface area contributed by atoms with Gasteiger partial charge in [-0.15, -0.1) is 0 Å². The molecule has 8 heteroatoms. The van der Waals surface area contributed by atoms with Gasteiger partial charge in [0, 0.05) is 17.5 Å². The topological polar surface area (TPSA) is 84.1 Å². The average Bonchev–Trinajstić information content (AvgIpc) is 2.67. The van der Waals surface area contributed by atoms with Gasteiger partial charge in [0.15, 0.2) is 11.6 Å². The van der Waals surface area contributed by atoms with Crippen molar-refractivity contribution in [1.82, 2.24) is 15.3 Å². The Labute approximate surface area is 178 Å². The zero-order valence-electron chi connectivity index (χ0n) is 16.5. The zero-order valence-corrected chi connectivity index (χ0v) is 17.3. The molecule has 3 rings (SSSR count). The van der Waals surface area contributed by atoms with Crippen LogP contribution in [0.1, 0.15) is 28.7 Å². The van der Waals surface area contributed by atoms with Gasteiger partial charge in [0.05, 0.1) is 25.3 Å². The fourth-order valence-corrected chi connectivity index (χ4v) is 3.28. The van der Waals surface area contributed by atoms with Crippen LogP contribution in [0.2, 0.25) is 5.02 Å². The van der Waals surface area contributed by atoms with E-state index in [4.69, 9.17) is 16.3 Å². The number of aryl methyl sites for hydroxylation is 1. The zero-order chi connectivity index (χ0) is 21.7. The first kappa shape index (κ1) is 21.5. The summed E-state index contributed by atoms with van der Waals surface area (Å²) in [6.07, 6.45) is 0.307. The number of nitrogens with one attached hydrogen (secondary N) is 2. The Bertz CT molecular complexity index is 1100.